The quantitative estimate of drug-likeness (QED) is 0.161. The van der Waals surface area contributed by atoms with Gasteiger partial charge >= 0.3 is 0 Å². The fourth-order valence-corrected chi connectivity index (χ4v) is 9.01. The van der Waals surface area contributed by atoms with Gasteiger partial charge in [-0.25, -0.2) is 19.9 Å². The lowest BCUT2D eigenvalue weighted by molar-refractivity contribution is 1.07. The van der Waals surface area contributed by atoms with E-state index in [0.29, 0.717) is 17.5 Å². The third-order valence-corrected chi connectivity index (χ3v) is 12.0. The molecular weight excluding hydrogens is 739 g/mol. The first-order chi connectivity index (χ1) is 29.2. The monoisotopic (exact) mass is 771 g/mol. The molecular formula is C53H33N5S. The van der Waals surface area contributed by atoms with Gasteiger partial charge in [-0.15, -0.1) is 11.3 Å². The number of benzene rings is 7. The second-order valence-corrected chi connectivity index (χ2v) is 15.5. The van der Waals surface area contributed by atoms with E-state index in [2.05, 4.69) is 152 Å². The van der Waals surface area contributed by atoms with Gasteiger partial charge in [-0.1, -0.05) is 170 Å². The van der Waals surface area contributed by atoms with Crippen LogP contribution in [0.5, 0.6) is 0 Å². The van der Waals surface area contributed by atoms with E-state index in [1.807, 2.05) is 48.7 Å². The van der Waals surface area contributed by atoms with Gasteiger partial charge in [-0.05, 0) is 57.6 Å². The number of hydrogen-bond acceptors (Lipinski definition) is 6. The number of nitrogens with zero attached hydrogens (tertiary/aromatic N) is 5. The predicted octanol–water partition coefficient (Wildman–Crippen LogP) is 13.9. The van der Waals surface area contributed by atoms with Crippen LogP contribution in [0, 0.1) is 0 Å². The first-order valence-corrected chi connectivity index (χ1v) is 20.4. The van der Waals surface area contributed by atoms with Crippen LogP contribution in [0.2, 0.25) is 0 Å². The number of pyridine rings is 2. The maximum Gasteiger partial charge on any atom is 0.164 e. The Hall–Kier alpha value is -7.67. The van der Waals surface area contributed by atoms with E-state index in [1.165, 1.54) is 21.0 Å². The Morgan fingerprint density at radius 2 is 0.797 bits per heavy atom. The van der Waals surface area contributed by atoms with Crippen molar-refractivity contribution >= 4 is 42.5 Å². The highest BCUT2D eigenvalue weighted by atomic mass is 32.1. The van der Waals surface area contributed by atoms with E-state index in [1.54, 1.807) is 11.3 Å². The van der Waals surface area contributed by atoms with Crippen LogP contribution in [0.25, 0.3) is 110 Å². The average molecular weight is 772 g/mol. The highest BCUT2D eigenvalue weighted by molar-refractivity contribution is 7.26. The minimum atomic E-state index is 0.631. The van der Waals surface area contributed by atoms with Gasteiger partial charge in [0.25, 0.3) is 0 Å². The third-order valence-electron chi connectivity index (χ3n) is 10.8. The Kier molecular flexibility index (Phi) is 8.60. The van der Waals surface area contributed by atoms with E-state index in [0.717, 1.165) is 71.5 Å². The normalized spacial score (nSPS) is 11.4. The second kappa shape index (κ2) is 14.7. The van der Waals surface area contributed by atoms with E-state index < -0.39 is 0 Å². The van der Waals surface area contributed by atoms with Crippen LogP contribution in [0.3, 0.4) is 0 Å². The molecule has 0 aliphatic rings. The molecule has 0 saturated heterocycles. The van der Waals surface area contributed by atoms with Crippen molar-refractivity contribution in [1.82, 2.24) is 24.9 Å². The van der Waals surface area contributed by atoms with Gasteiger partial charge in [0, 0.05) is 43.9 Å². The summed E-state index contributed by atoms with van der Waals surface area (Å²) in [5, 5.41) is 2.40. The van der Waals surface area contributed by atoms with E-state index in [-0.39, 0.29) is 0 Å². The zero-order valence-electron chi connectivity index (χ0n) is 31.7. The first kappa shape index (κ1) is 34.6. The topological polar surface area (TPSA) is 64.5 Å². The number of rotatable bonds is 7. The summed E-state index contributed by atoms with van der Waals surface area (Å²) in [6.07, 6.45) is 1.85. The summed E-state index contributed by atoms with van der Waals surface area (Å²) < 4.78 is 2.41. The molecule has 276 valence electrons. The molecule has 0 amide bonds. The molecule has 0 saturated carbocycles. The van der Waals surface area contributed by atoms with Crippen molar-refractivity contribution in [2.75, 3.05) is 0 Å². The predicted molar refractivity (Wildman–Crippen MR) is 244 cm³/mol. The molecule has 6 heteroatoms. The zero-order valence-corrected chi connectivity index (χ0v) is 32.5. The molecule has 0 unspecified atom stereocenters. The van der Waals surface area contributed by atoms with Crippen molar-refractivity contribution in [1.29, 1.82) is 0 Å². The molecule has 0 fully saturated rings. The molecule has 59 heavy (non-hydrogen) atoms. The van der Waals surface area contributed by atoms with Crippen LogP contribution < -0.4 is 0 Å². The highest BCUT2D eigenvalue weighted by Gasteiger charge is 2.17. The standard InChI is InChI=1S/C53H33N5S/c1-3-11-34(12-4-1)35-22-28-40(29-23-35)52-56-51(39-13-5-2-6-14-39)57-53(58-52)41-30-24-37(25-31-41)43-16-9-15-42(33-43)36-20-26-38(27-21-36)48-50-47(44-17-7-8-19-46(44)59-50)49-45(55-48)18-10-32-54-49/h1-33H. The molecule has 7 aromatic carbocycles. The lowest BCUT2D eigenvalue weighted by Gasteiger charge is -2.11. The Morgan fingerprint density at radius 1 is 0.339 bits per heavy atom. The molecule has 0 atom stereocenters. The van der Waals surface area contributed by atoms with Gasteiger partial charge < -0.3 is 0 Å². The van der Waals surface area contributed by atoms with Crippen molar-refractivity contribution < 1.29 is 0 Å². The van der Waals surface area contributed by atoms with Gasteiger partial charge in [0.1, 0.15) is 0 Å². The summed E-state index contributed by atoms with van der Waals surface area (Å²) in [5.74, 6) is 1.91. The van der Waals surface area contributed by atoms with Gasteiger partial charge in [0.15, 0.2) is 17.5 Å². The first-order valence-electron chi connectivity index (χ1n) is 19.6. The van der Waals surface area contributed by atoms with Crippen molar-refractivity contribution in [3.63, 3.8) is 0 Å². The van der Waals surface area contributed by atoms with E-state index in [9.17, 15) is 0 Å². The molecule has 11 aromatic rings. The van der Waals surface area contributed by atoms with Crippen LogP contribution in [0.15, 0.2) is 200 Å². The lowest BCUT2D eigenvalue weighted by atomic mass is 9.97. The van der Waals surface area contributed by atoms with E-state index in [4.69, 9.17) is 24.9 Å². The molecule has 0 N–H and O–H groups in total. The maximum atomic E-state index is 5.14. The Labute approximate surface area is 345 Å². The van der Waals surface area contributed by atoms with Crippen molar-refractivity contribution in [3.05, 3.63) is 200 Å². The van der Waals surface area contributed by atoms with Crippen molar-refractivity contribution in [2.45, 2.75) is 0 Å². The van der Waals surface area contributed by atoms with Gasteiger partial charge in [0.05, 0.1) is 21.4 Å². The molecule has 0 aliphatic carbocycles. The minimum absolute atomic E-state index is 0.631. The fourth-order valence-electron chi connectivity index (χ4n) is 7.80. The maximum absolute atomic E-state index is 5.14. The van der Waals surface area contributed by atoms with E-state index >= 15 is 0 Å². The summed E-state index contributed by atoms with van der Waals surface area (Å²) in [7, 11) is 0. The third kappa shape index (κ3) is 6.52. The van der Waals surface area contributed by atoms with Gasteiger partial charge in [-0.3, -0.25) is 4.98 Å². The van der Waals surface area contributed by atoms with Gasteiger partial charge in [0.2, 0.25) is 0 Å². The Morgan fingerprint density at radius 3 is 1.41 bits per heavy atom. The second-order valence-electron chi connectivity index (χ2n) is 14.5. The molecule has 0 spiro atoms. The molecule has 4 heterocycles. The number of fused-ring (bicyclic) bond motifs is 5. The molecule has 0 aliphatic heterocycles. The van der Waals surface area contributed by atoms with Crippen molar-refractivity contribution in [3.8, 4) is 78.8 Å². The minimum Gasteiger partial charge on any atom is -0.254 e. The summed E-state index contributed by atoms with van der Waals surface area (Å²) in [4.78, 5) is 24.8. The number of aromatic nitrogens is 5. The Bertz CT molecular complexity index is 3290. The zero-order chi connectivity index (χ0) is 39.1. The van der Waals surface area contributed by atoms with Crippen LogP contribution in [-0.2, 0) is 0 Å². The van der Waals surface area contributed by atoms with Crippen LogP contribution in [0.4, 0.5) is 0 Å². The molecule has 4 aromatic heterocycles. The smallest absolute Gasteiger partial charge is 0.164 e. The molecule has 11 rings (SSSR count). The summed E-state index contributed by atoms with van der Waals surface area (Å²) in [5.41, 5.74) is 13.6. The summed E-state index contributed by atoms with van der Waals surface area (Å²) >= 11 is 1.78. The van der Waals surface area contributed by atoms with Crippen molar-refractivity contribution in [2.24, 2.45) is 0 Å². The highest BCUT2D eigenvalue weighted by Crippen LogP contribution is 2.42. The van der Waals surface area contributed by atoms with Crippen LogP contribution in [-0.4, -0.2) is 24.9 Å². The fraction of sp³-hybridized carbons (Fsp3) is 0. The summed E-state index contributed by atoms with van der Waals surface area (Å²) in [6, 6.07) is 67.4. The van der Waals surface area contributed by atoms with Gasteiger partial charge in [-0.2, -0.15) is 0 Å². The van der Waals surface area contributed by atoms with Crippen LogP contribution in [0.1, 0.15) is 0 Å². The number of thiophene rings is 1. The molecule has 0 bridgehead atoms. The molecule has 5 nitrogen and oxygen atoms in total. The number of hydrogen-bond donors (Lipinski definition) is 0. The van der Waals surface area contributed by atoms with Crippen LogP contribution >= 0.6 is 11.3 Å². The molecule has 0 radical (unpaired) electrons. The lowest BCUT2D eigenvalue weighted by Crippen LogP contribution is -2.00. The summed E-state index contributed by atoms with van der Waals surface area (Å²) in [6.45, 7) is 0. The Balaban J connectivity index is 0.900. The SMILES string of the molecule is c1ccc(-c2ccc(-c3nc(-c4ccccc4)nc(-c4ccc(-c5cccc(-c6ccc(-c7nc8cccnc8c8c7sc7ccccc78)cc6)c5)cc4)n3)cc2)cc1. The largest absolute Gasteiger partial charge is 0.254 e. The average Bonchev–Trinajstić information content (AvgIpc) is 3.72.